The second-order valence-corrected chi connectivity index (χ2v) is 7.70. The maximum atomic E-state index is 12.9. The molecular formula is C18H21F3N6OS. The number of halogens is 3. The fourth-order valence-corrected chi connectivity index (χ4v) is 3.79. The average Bonchev–Trinajstić information content (AvgIpc) is 3.28. The van der Waals surface area contributed by atoms with Crippen molar-refractivity contribution in [3.63, 3.8) is 0 Å². The molecule has 0 aliphatic rings. The Kier molecular flexibility index (Phi) is 5.90. The third kappa shape index (κ3) is 4.56. The average molecular weight is 426 g/mol. The summed E-state index contributed by atoms with van der Waals surface area (Å²) in [7, 11) is 3.87. The second kappa shape index (κ2) is 8.07. The molecule has 1 N–H and O–H groups in total. The first kappa shape index (κ1) is 21.2. The number of aromatic nitrogens is 4. The number of hydrogen-bond donors (Lipinski definition) is 1. The van der Waals surface area contributed by atoms with Crippen molar-refractivity contribution in [2.24, 2.45) is 0 Å². The van der Waals surface area contributed by atoms with Gasteiger partial charge in [-0.1, -0.05) is 0 Å². The van der Waals surface area contributed by atoms with E-state index in [0.29, 0.717) is 23.5 Å². The van der Waals surface area contributed by atoms with Crippen molar-refractivity contribution in [2.75, 3.05) is 20.6 Å². The summed E-state index contributed by atoms with van der Waals surface area (Å²) in [5, 5.41) is 10.4. The number of fused-ring (bicyclic) bond motifs is 1. The highest BCUT2D eigenvalue weighted by atomic mass is 32.1. The SMILES string of the molecule is Cc1nc2nc(C(F)(F)F)nn2c(C)c1CC(=O)NC[C@@H](c1ccsc1)N(C)C. The van der Waals surface area contributed by atoms with Crippen LogP contribution >= 0.6 is 11.3 Å². The van der Waals surface area contributed by atoms with Gasteiger partial charge in [0.05, 0.1) is 12.5 Å². The Balaban J connectivity index is 1.77. The first-order valence-corrected chi connectivity index (χ1v) is 9.77. The van der Waals surface area contributed by atoms with Gasteiger partial charge in [-0.05, 0) is 50.3 Å². The second-order valence-electron chi connectivity index (χ2n) is 6.92. The number of carbonyl (C=O) groups excluding carboxylic acids is 1. The van der Waals surface area contributed by atoms with Crippen LogP contribution in [0.1, 0.15) is 34.4 Å². The maximum Gasteiger partial charge on any atom is 0.453 e. The molecule has 7 nitrogen and oxygen atoms in total. The number of aryl methyl sites for hydroxylation is 2. The molecule has 0 bridgehead atoms. The molecule has 3 rings (SSSR count). The molecule has 3 aromatic heterocycles. The van der Waals surface area contributed by atoms with E-state index in [2.05, 4.69) is 20.4 Å². The molecule has 0 fully saturated rings. The van der Waals surface area contributed by atoms with E-state index in [1.807, 2.05) is 35.8 Å². The van der Waals surface area contributed by atoms with Crippen LogP contribution in [-0.2, 0) is 17.4 Å². The van der Waals surface area contributed by atoms with Crippen molar-refractivity contribution in [2.45, 2.75) is 32.5 Å². The van der Waals surface area contributed by atoms with Crippen LogP contribution in [0.4, 0.5) is 13.2 Å². The van der Waals surface area contributed by atoms with Crippen LogP contribution in [0.25, 0.3) is 5.78 Å². The van der Waals surface area contributed by atoms with E-state index in [9.17, 15) is 18.0 Å². The van der Waals surface area contributed by atoms with E-state index in [0.717, 1.165) is 10.1 Å². The highest BCUT2D eigenvalue weighted by Crippen LogP contribution is 2.27. The summed E-state index contributed by atoms with van der Waals surface area (Å²) in [6, 6.07) is 2.04. The Morgan fingerprint density at radius 2 is 2.03 bits per heavy atom. The normalized spacial score (nSPS) is 13.2. The van der Waals surface area contributed by atoms with E-state index in [4.69, 9.17) is 0 Å². The minimum Gasteiger partial charge on any atom is -0.354 e. The summed E-state index contributed by atoms with van der Waals surface area (Å²) < 4.78 is 39.7. The summed E-state index contributed by atoms with van der Waals surface area (Å²) >= 11 is 1.59. The molecule has 0 aliphatic carbocycles. The molecule has 156 valence electrons. The lowest BCUT2D eigenvalue weighted by Crippen LogP contribution is -2.35. The topological polar surface area (TPSA) is 75.4 Å². The van der Waals surface area contributed by atoms with Gasteiger partial charge in [0.1, 0.15) is 0 Å². The summed E-state index contributed by atoms with van der Waals surface area (Å²) in [6.45, 7) is 3.66. The third-order valence-electron chi connectivity index (χ3n) is 4.68. The minimum atomic E-state index is -4.66. The van der Waals surface area contributed by atoms with Crippen molar-refractivity contribution >= 4 is 23.0 Å². The monoisotopic (exact) mass is 426 g/mol. The molecule has 11 heteroatoms. The third-order valence-corrected chi connectivity index (χ3v) is 5.39. The first-order valence-electron chi connectivity index (χ1n) is 8.83. The van der Waals surface area contributed by atoms with Crippen LogP contribution in [0.5, 0.6) is 0 Å². The molecular weight excluding hydrogens is 405 g/mol. The van der Waals surface area contributed by atoms with E-state index in [1.54, 1.807) is 25.2 Å². The zero-order chi connectivity index (χ0) is 21.3. The molecule has 29 heavy (non-hydrogen) atoms. The van der Waals surface area contributed by atoms with Gasteiger partial charge in [-0.2, -0.15) is 29.5 Å². The van der Waals surface area contributed by atoms with Crippen molar-refractivity contribution in [1.82, 2.24) is 29.8 Å². The van der Waals surface area contributed by atoms with Crippen molar-refractivity contribution in [3.8, 4) is 0 Å². The van der Waals surface area contributed by atoms with Gasteiger partial charge >= 0.3 is 6.18 Å². The molecule has 3 aromatic rings. The number of hydrogen-bond acceptors (Lipinski definition) is 6. The highest BCUT2D eigenvalue weighted by molar-refractivity contribution is 7.07. The van der Waals surface area contributed by atoms with Crippen LogP contribution in [0.2, 0.25) is 0 Å². The van der Waals surface area contributed by atoms with Crippen molar-refractivity contribution < 1.29 is 18.0 Å². The van der Waals surface area contributed by atoms with Gasteiger partial charge in [0.25, 0.3) is 11.6 Å². The molecule has 0 saturated heterocycles. The number of rotatable bonds is 6. The van der Waals surface area contributed by atoms with Gasteiger partial charge in [-0.25, -0.2) is 9.50 Å². The van der Waals surface area contributed by atoms with Crippen LogP contribution in [0, 0.1) is 13.8 Å². The Labute approximate surface area is 169 Å². The fraction of sp³-hybridized carbons (Fsp3) is 0.444. The minimum absolute atomic E-state index is 0.00833. The number of alkyl halides is 3. The quantitative estimate of drug-likeness (QED) is 0.656. The maximum absolute atomic E-state index is 12.9. The number of nitrogens with zero attached hydrogens (tertiary/aromatic N) is 5. The fourth-order valence-electron chi connectivity index (χ4n) is 3.08. The number of thiophene rings is 1. The predicted molar refractivity (Wildman–Crippen MR) is 103 cm³/mol. The molecule has 1 amide bonds. The Hall–Kier alpha value is -2.53. The standard InChI is InChI=1S/C18H21F3N6OS/c1-10-13(11(2)27-17(23-10)24-16(25-27)18(19,20)21)7-15(28)22-8-14(26(3)4)12-5-6-29-9-12/h5-6,9,14H,7-8H2,1-4H3,(H,22,28)/t14-/m0/s1. The largest absolute Gasteiger partial charge is 0.453 e. The number of nitrogens with one attached hydrogen (secondary N) is 1. The van der Waals surface area contributed by atoms with Gasteiger partial charge in [0, 0.05) is 23.5 Å². The molecule has 3 heterocycles. The first-order chi connectivity index (χ1) is 13.6. The zero-order valence-corrected chi connectivity index (χ0v) is 17.2. The van der Waals surface area contributed by atoms with Crippen LogP contribution in [-0.4, -0.2) is 51.0 Å². The molecule has 0 unspecified atom stereocenters. The lowest BCUT2D eigenvalue weighted by Gasteiger charge is -2.24. The van der Waals surface area contributed by atoms with Crippen LogP contribution in [0.3, 0.4) is 0 Å². The molecule has 0 spiro atoms. The lowest BCUT2D eigenvalue weighted by atomic mass is 10.1. The van der Waals surface area contributed by atoms with E-state index in [-0.39, 0.29) is 24.1 Å². The van der Waals surface area contributed by atoms with E-state index in [1.165, 1.54) is 0 Å². The summed E-state index contributed by atoms with van der Waals surface area (Å²) in [6.07, 6.45) is -4.67. The number of carbonyl (C=O) groups is 1. The molecule has 0 radical (unpaired) electrons. The summed E-state index contributed by atoms with van der Waals surface area (Å²) in [4.78, 5) is 22.1. The highest BCUT2D eigenvalue weighted by Gasteiger charge is 2.37. The van der Waals surface area contributed by atoms with Crippen molar-refractivity contribution in [1.29, 1.82) is 0 Å². The molecule has 0 saturated carbocycles. The van der Waals surface area contributed by atoms with Crippen molar-refractivity contribution in [3.05, 3.63) is 45.2 Å². The lowest BCUT2D eigenvalue weighted by molar-refractivity contribution is -0.144. The Morgan fingerprint density at radius 1 is 1.31 bits per heavy atom. The number of amides is 1. The van der Waals surface area contributed by atoms with Gasteiger partial charge in [-0.15, -0.1) is 5.10 Å². The Bertz CT molecular complexity index is 1010. The number of likely N-dealkylation sites (N-methyl/N-ethyl adjacent to an activating group) is 1. The van der Waals surface area contributed by atoms with Gasteiger partial charge < -0.3 is 10.2 Å². The zero-order valence-electron chi connectivity index (χ0n) is 16.4. The summed E-state index contributed by atoms with van der Waals surface area (Å²) in [5.74, 6) is -1.63. The smallest absolute Gasteiger partial charge is 0.354 e. The van der Waals surface area contributed by atoms with E-state index >= 15 is 0 Å². The molecule has 1 atom stereocenters. The Morgan fingerprint density at radius 3 is 2.62 bits per heavy atom. The van der Waals surface area contributed by atoms with Gasteiger partial charge in [0.2, 0.25) is 5.91 Å². The van der Waals surface area contributed by atoms with Crippen LogP contribution in [0.15, 0.2) is 16.8 Å². The van der Waals surface area contributed by atoms with Crippen LogP contribution < -0.4 is 5.32 Å². The molecule has 0 aliphatic heterocycles. The van der Waals surface area contributed by atoms with Gasteiger partial charge in [-0.3, -0.25) is 4.79 Å². The molecule has 0 aromatic carbocycles. The van der Waals surface area contributed by atoms with Gasteiger partial charge in [0.15, 0.2) is 0 Å². The predicted octanol–water partition coefficient (Wildman–Crippen LogP) is 2.78. The summed E-state index contributed by atoms with van der Waals surface area (Å²) in [5.41, 5.74) is 2.50. The van der Waals surface area contributed by atoms with E-state index < -0.39 is 12.0 Å².